The Morgan fingerprint density at radius 3 is 2.65 bits per heavy atom. The minimum atomic E-state index is -0.0400. The van der Waals surface area contributed by atoms with Crippen LogP contribution in [0.1, 0.15) is 30.9 Å². The molecule has 3 rings (SSSR count). The molecule has 0 radical (unpaired) electrons. The van der Waals surface area contributed by atoms with Gasteiger partial charge in [-0.2, -0.15) is 0 Å². The summed E-state index contributed by atoms with van der Waals surface area (Å²) < 4.78 is 11.3. The number of carbonyl (C=O) groups is 1. The van der Waals surface area contributed by atoms with Crippen LogP contribution in [0, 0.1) is 6.92 Å². The van der Waals surface area contributed by atoms with Gasteiger partial charge in [0.15, 0.2) is 16.7 Å². The average molecular weight is 437 g/mol. The molecule has 0 spiro atoms. The Morgan fingerprint density at radius 1 is 1.19 bits per heavy atom. The van der Waals surface area contributed by atoms with Crippen LogP contribution in [-0.2, 0) is 4.79 Å². The summed E-state index contributed by atoms with van der Waals surface area (Å²) in [6.45, 7) is 8.85. The molecule has 0 N–H and O–H groups in total. The number of hydrogen-bond donors (Lipinski definition) is 0. The lowest BCUT2D eigenvalue weighted by atomic mass is 10.1. The van der Waals surface area contributed by atoms with E-state index >= 15 is 0 Å². The molecular weight excluding hydrogens is 408 g/mol. The number of amides is 1. The van der Waals surface area contributed by atoms with Gasteiger partial charge in [0.1, 0.15) is 6.61 Å². The quantitative estimate of drug-likeness (QED) is 0.359. The van der Waals surface area contributed by atoms with Gasteiger partial charge < -0.3 is 9.47 Å². The summed E-state index contributed by atoms with van der Waals surface area (Å²) in [4.78, 5) is 20.4. The Kier molecular flexibility index (Phi) is 7.95. The largest absolute Gasteiger partial charge is 0.493 e. The first-order chi connectivity index (χ1) is 15.1. The van der Waals surface area contributed by atoms with Crippen molar-refractivity contribution in [2.75, 3.05) is 20.3 Å². The van der Waals surface area contributed by atoms with E-state index in [-0.39, 0.29) is 5.91 Å². The number of benzene rings is 2. The molecule has 0 bridgehead atoms. The highest BCUT2D eigenvalue weighted by molar-refractivity contribution is 8.18. The SMILES string of the molecule is C=CCOc1c(/C=C2/SC(=Nc3ccc(C)cc3)N(CCCC)C2=O)cccc1OC. The number of ether oxygens (including phenoxy) is 2. The van der Waals surface area contributed by atoms with Gasteiger partial charge in [0.25, 0.3) is 5.91 Å². The number of aryl methyl sites for hydroxylation is 1. The fraction of sp³-hybridized carbons (Fsp3) is 0.280. The molecule has 1 aliphatic rings. The van der Waals surface area contributed by atoms with Crippen LogP contribution in [0.3, 0.4) is 0 Å². The molecule has 162 valence electrons. The summed E-state index contributed by atoms with van der Waals surface area (Å²) in [7, 11) is 1.60. The van der Waals surface area contributed by atoms with E-state index in [2.05, 4.69) is 13.5 Å². The van der Waals surface area contributed by atoms with Gasteiger partial charge in [-0.1, -0.05) is 55.8 Å². The number of amidine groups is 1. The van der Waals surface area contributed by atoms with Crippen LogP contribution < -0.4 is 9.47 Å². The Hall–Kier alpha value is -2.99. The van der Waals surface area contributed by atoms with Gasteiger partial charge in [-0.05, 0) is 49.4 Å². The number of hydrogen-bond acceptors (Lipinski definition) is 5. The molecule has 31 heavy (non-hydrogen) atoms. The lowest BCUT2D eigenvalue weighted by molar-refractivity contribution is -0.122. The molecule has 0 atom stereocenters. The lowest BCUT2D eigenvalue weighted by Crippen LogP contribution is -2.30. The predicted molar refractivity (Wildman–Crippen MR) is 129 cm³/mol. The summed E-state index contributed by atoms with van der Waals surface area (Å²) >= 11 is 1.39. The van der Waals surface area contributed by atoms with Crippen molar-refractivity contribution in [3.63, 3.8) is 0 Å². The molecule has 2 aromatic carbocycles. The maximum atomic E-state index is 13.2. The van der Waals surface area contributed by atoms with Crippen LogP contribution in [0.25, 0.3) is 6.08 Å². The van der Waals surface area contributed by atoms with Crippen LogP contribution in [0.15, 0.2) is 65.0 Å². The lowest BCUT2D eigenvalue weighted by Gasteiger charge is -2.15. The molecule has 1 aliphatic heterocycles. The molecular formula is C25H28N2O3S. The zero-order valence-electron chi connectivity index (χ0n) is 18.3. The third-order valence-corrected chi connectivity index (χ3v) is 5.75. The van der Waals surface area contributed by atoms with Crippen molar-refractivity contribution in [2.45, 2.75) is 26.7 Å². The van der Waals surface area contributed by atoms with Gasteiger partial charge in [-0.15, -0.1) is 0 Å². The first kappa shape index (κ1) is 22.7. The van der Waals surface area contributed by atoms with E-state index < -0.39 is 0 Å². The first-order valence-corrected chi connectivity index (χ1v) is 11.2. The van der Waals surface area contributed by atoms with Gasteiger partial charge in [-0.3, -0.25) is 9.69 Å². The van der Waals surface area contributed by atoms with Gasteiger partial charge in [0.2, 0.25) is 0 Å². The number of carbonyl (C=O) groups excluding carboxylic acids is 1. The molecule has 0 saturated carbocycles. The van der Waals surface area contributed by atoms with Crippen molar-refractivity contribution in [2.24, 2.45) is 4.99 Å². The second-order valence-electron chi connectivity index (χ2n) is 7.13. The summed E-state index contributed by atoms with van der Waals surface area (Å²) in [5, 5.41) is 0.699. The van der Waals surface area contributed by atoms with Crippen molar-refractivity contribution in [3.05, 3.63) is 71.2 Å². The van der Waals surface area contributed by atoms with Crippen molar-refractivity contribution < 1.29 is 14.3 Å². The number of aliphatic imine (C=N–C) groups is 1. The Morgan fingerprint density at radius 2 is 1.97 bits per heavy atom. The summed E-state index contributed by atoms with van der Waals surface area (Å²) in [6, 6.07) is 13.6. The number of methoxy groups -OCH3 is 1. The van der Waals surface area contributed by atoms with E-state index in [0.717, 1.165) is 24.1 Å². The highest BCUT2D eigenvalue weighted by Crippen LogP contribution is 2.38. The maximum Gasteiger partial charge on any atom is 0.266 e. The third-order valence-electron chi connectivity index (χ3n) is 4.74. The zero-order chi connectivity index (χ0) is 22.2. The number of thioether (sulfide) groups is 1. The van der Waals surface area contributed by atoms with Crippen molar-refractivity contribution >= 4 is 34.6 Å². The molecule has 0 aliphatic carbocycles. The molecule has 0 unspecified atom stereocenters. The fourth-order valence-corrected chi connectivity index (χ4v) is 4.10. The Labute approximate surface area is 188 Å². The highest BCUT2D eigenvalue weighted by atomic mass is 32.2. The Balaban J connectivity index is 1.98. The normalized spacial score (nSPS) is 16.2. The van der Waals surface area contributed by atoms with Gasteiger partial charge >= 0.3 is 0 Å². The summed E-state index contributed by atoms with van der Waals surface area (Å²) in [6.07, 6.45) is 5.45. The van der Waals surface area contributed by atoms with Crippen LogP contribution in [0.2, 0.25) is 0 Å². The second-order valence-corrected chi connectivity index (χ2v) is 8.14. The maximum absolute atomic E-state index is 13.2. The standard InChI is InChI=1S/C25H28N2O3S/c1-5-7-15-27-24(28)22(31-25(27)26-20-13-11-18(3)12-14-20)17-19-9-8-10-21(29-4)23(19)30-16-6-2/h6,8-14,17H,2,5,7,15-16H2,1,3-4H3/b22-17+,26-25?. The van der Waals surface area contributed by atoms with E-state index in [0.29, 0.717) is 34.7 Å². The zero-order valence-corrected chi connectivity index (χ0v) is 19.1. The van der Waals surface area contributed by atoms with Crippen LogP contribution in [0.4, 0.5) is 5.69 Å². The number of para-hydroxylation sites is 1. The summed E-state index contributed by atoms with van der Waals surface area (Å²) in [5.41, 5.74) is 2.79. The molecule has 5 nitrogen and oxygen atoms in total. The third kappa shape index (κ3) is 5.58. The van der Waals surface area contributed by atoms with Crippen molar-refractivity contribution in [3.8, 4) is 11.5 Å². The molecule has 1 amide bonds. The van der Waals surface area contributed by atoms with E-state index in [9.17, 15) is 4.79 Å². The Bertz CT molecular complexity index is 996. The fourth-order valence-electron chi connectivity index (χ4n) is 3.08. The first-order valence-electron chi connectivity index (χ1n) is 10.3. The van der Waals surface area contributed by atoms with Crippen LogP contribution >= 0.6 is 11.8 Å². The average Bonchev–Trinajstić information content (AvgIpc) is 3.06. The van der Waals surface area contributed by atoms with Crippen LogP contribution in [0.5, 0.6) is 11.5 Å². The summed E-state index contributed by atoms with van der Waals surface area (Å²) in [5.74, 6) is 1.17. The molecule has 2 aromatic rings. The van der Waals surface area contributed by atoms with Crippen molar-refractivity contribution in [1.29, 1.82) is 0 Å². The molecule has 1 saturated heterocycles. The molecule has 0 aromatic heterocycles. The predicted octanol–water partition coefficient (Wildman–Crippen LogP) is 5.97. The minimum Gasteiger partial charge on any atom is -0.493 e. The van der Waals surface area contributed by atoms with Gasteiger partial charge in [0, 0.05) is 12.1 Å². The number of rotatable bonds is 9. The highest BCUT2D eigenvalue weighted by Gasteiger charge is 2.33. The van der Waals surface area contributed by atoms with Crippen molar-refractivity contribution in [1.82, 2.24) is 4.90 Å². The van der Waals surface area contributed by atoms with E-state index in [4.69, 9.17) is 14.5 Å². The smallest absolute Gasteiger partial charge is 0.266 e. The molecule has 1 fully saturated rings. The number of nitrogens with zero attached hydrogens (tertiary/aromatic N) is 2. The van der Waals surface area contributed by atoms with Crippen LogP contribution in [-0.4, -0.2) is 36.2 Å². The minimum absolute atomic E-state index is 0.0400. The van der Waals surface area contributed by atoms with E-state index in [1.807, 2.05) is 55.5 Å². The van der Waals surface area contributed by atoms with Gasteiger partial charge in [0.05, 0.1) is 17.7 Å². The van der Waals surface area contributed by atoms with Gasteiger partial charge in [-0.25, -0.2) is 4.99 Å². The monoisotopic (exact) mass is 436 g/mol. The van der Waals surface area contributed by atoms with E-state index in [1.54, 1.807) is 18.1 Å². The molecule has 6 heteroatoms. The topological polar surface area (TPSA) is 51.1 Å². The number of unbranched alkanes of at least 4 members (excludes halogenated alkanes) is 1. The van der Waals surface area contributed by atoms with E-state index in [1.165, 1.54) is 17.3 Å². The second kappa shape index (κ2) is 10.9. The molecule has 1 heterocycles.